The molecule has 0 spiro atoms. The molecule has 1 atom stereocenters. The summed E-state index contributed by atoms with van der Waals surface area (Å²) >= 11 is 12.3. The van der Waals surface area contributed by atoms with E-state index in [1.807, 2.05) is 26.8 Å². The lowest BCUT2D eigenvalue weighted by molar-refractivity contribution is -0.139. The predicted molar refractivity (Wildman–Crippen MR) is 138 cm³/mol. The molecule has 34 heavy (non-hydrogen) atoms. The van der Waals surface area contributed by atoms with Crippen LogP contribution in [-0.4, -0.2) is 50.5 Å². The van der Waals surface area contributed by atoms with Gasteiger partial charge in [-0.3, -0.25) is 13.9 Å². The minimum atomic E-state index is -3.79. The molecule has 0 saturated heterocycles. The normalized spacial score (nSPS) is 12.2. The maximum atomic E-state index is 13.5. The molecule has 0 heterocycles. The number of sulfonamides is 1. The van der Waals surface area contributed by atoms with Crippen LogP contribution < -0.4 is 9.62 Å². The Kier molecular flexibility index (Phi) is 9.79. The van der Waals surface area contributed by atoms with Crippen molar-refractivity contribution in [1.29, 1.82) is 0 Å². The van der Waals surface area contributed by atoms with Gasteiger partial charge in [0.1, 0.15) is 12.6 Å². The van der Waals surface area contributed by atoms with Crippen molar-refractivity contribution in [2.75, 3.05) is 23.7 Å². The van der Waals surface area contributed by atoms with Crippen molar-refractivity contribution in [3.63, 3.8) is 0 Å². The van der Waals surface area contributed by atoms with E-state index in [0.717, 1.165) is 28.1 Å². The second kappa shape index (κ2) is 11.9. The average Bonchev–Trinajstić information content (AvgIpc) is 2.73. The molecule has 10 heteroatoms. The molecule has 2 amide bonds. The first-order chi connectivity index (χ1) is 15.8. The lowest BCUT2D eigenvalue weighted by atomic mass is 10.1. The third kappa shape index (κ3) is 7.61. The van der Waals surface area contributed by atoms with Gasteiger partial charge in [-0.15, -0.1) is 0 Å². The summed E-state index contributed by atoms with van der Waals surface area (Å²) in [6.07, 6.45) is 1.79. The lowest BCUT2D eigenvalue weighted by Gasteiger charge is -2.32. The standard InChI is InChI=1S/C24H31Cl2N3O4S/c1-6-9-27-24(31)18(4)28(14-19-7-8-20(25)13-22(19)26)23(30)15-29(34(5,32)33)21-11-16(2)10-17(3)12-21/h7-8,10-13,18H,6,9,14-15H2,1-5H3,(H,27,31). The van der Waals surface area contributed by atoms with Crippen LogP contribution in [0.4, 0.5) is 5.69 Å². The Morgan fingerprint density at radius 1 is 1.06 bits per heavy atom. The first kappa shape index (κ1) is 28.0. The van der Waals surface area contributed by atoms with Crippen molar-refractivity contribution in [2.45, 2.75) is 46.7 Å². The van der Waals surface area contributed by atoms with Gasteiger partial charge in [-0.1, -0.05) is 42.3 Å². The number of hydrogen-bond acceptors (Lipinski definition) is 4. The molecule has 7 nitrogen and oxygen atoms in total. The van der Waals surface area contributed by atoms with Crippen LogP contribution in [0.25, 0.3) is 0 Å². The van der Waals surface area contributed by atoms with E-state index < -0.39 is 28.5 Å². The summed E-state index contributed by atoms with van der Waals surface area (Å²) < 4.78 is 26.4. The highest BCUT2D eigenvalue weighted by molar-refractivity contribution is 7.92. The monoisotopic (exact) mass is 527 g/mol. The van der Waals surface area contributed by atoms with Gasteiger partial charge in [0.25, 0.3) is 0 Å². The van der Waals surface area contributed by atoms with E-state index in [1.54, 1.807) is 37.3 Å². The van der Waals surface area contributed by atoms with E-state index >= 15 is 0 Å². The van der Waals surface area contributed by atoms with Gasteiger partial charge in [-0.2, -0.15) is 0 Å². The number of nitrogens with zero attached hydrogens (tertiary/aromatic N) is 2. The first-order valence-electron chi connectivity index (χ1n) is 10.9. The van der Waals surface area contributed by atoms with Crippen LogP contribution in [0.1, 0.15) is 37.0 Å². The fourth-order valence-corrected chi connectivity index (χ4v) is 4.82. The summed E-state index contributed by atoms with van der Waals surface area (Å²) in [5, 5.41) is 3.58. The van der Waals surface area contributed by atoms with Crippen LogP contribution in [-0.2, 0) is 26.2 Å². The third-order valence-electron chi connectivity index (χ3n) is 5.25. The summed E-state index contributed by atoms with van der Waals surface area (Å²) in [6.45, 7) is 7.26. The Morgan fingerprint density at radius 3 is 2.21 bits per heavy atom. The first-order valence-corrected chi connectivity index (χ1v) is 13.5. The molecule has 2 aromatic carbocycles. The van der Waals surface area contributed by atoms with Crippen molar-refractivity contribution in [1.82, 2.24) is 10.2 Å². The highest BCUT2D eigenvalue weighted by Gasteiger charge is 2.30. The van der Waals surface area contributed by atoms with Gasteiger partial charge in [-0.25, -0.2) is 8.42 Å². The van der Waals surface area contributed by atoms with Gasteiger partial charge >= 0.3 is 0 Å². The number of aryl methyl sites for hydroxylation is 2. The van der Waals surface area contributed by atoms with E-state index in [9.17, 15) is 18.0 Å². The van der Waals surface area contributed by atoms with Gasteiger partial charge in [0.2, 0.25) is 21.8 Å². The minimum Gasteiger partial charge on any atom is -0.354 e. The van der Waals surface area contributed by atoms with Gasteiger partial charge in [0, 0.05) is 23.1 Å². The molecule has 0 radical (unpaired) electrons. The Balaban J connectivity index is 2.44. The quantitative estimate of drug-likeness (QED) is 0.498. The van der Waals surface area contributed by atoms with Crippen molar-refractivity contribution in [3.05, 3.63) is 63.1 Å². The summed E-state index contributed by atoms with van der Waals surface area (Å²) in [6, 6.07) is 9.36. The summed E-state index contributed by atoms with van der Waals surface area (Å²) in [7, 11) is -3.79. The highest BCUT2D eigenvalue weighted by Crippen LogP contribution is 2.25. The zero-order chi connectivity index (χ0) is 25.6. The van der Waals surface area contributed by atoms with Crippen molar-refractivity contribution in [3.8, 4) is 0 Å². The second-order valence-electron chi connectivity index (χ2n) is 8.34. The van der Waals surface area contributed by atoms with Crippen molar-refractivity contribution >= 4 is 50.7 Å². The summed E-state index contributed by atoms with van der Waals surface area (Å²) in [5.41, 5.74) is 2.72. The molecular formula is C24H31Cl2N3O4S. The number of rotatable bonds is 10. The molecule has 0 fully saturated rings. The number of benzene rings is 2. The van der Waals surface area contributed by atoms with Gasteiger partial charge in [0.05, 0.1) is 11.9 Å². The van der Waals surface area contributed by atoms with E-state index in [1.165, 1.54) is 4.90 Å². The molecule has 186 valence electrons. The van der Waals surface area contributed by atoms with Crippen LogP contribution in [0.2, 0.25) is 10.0 Å². The Hall–Kier alpha value is -2.29. The Morgan fingerprint density at radius 2 is 1.68 bits per heavy atom. The Bertz CT molecular complexity index is 1130. The van der Waals surface area contributed by atoms with Crippen LogP contribution in [0.5, 0.6) is 0 Å². The molecule has 1 unspecified atom stereocenters. The third-order valence-corrected chi connectivity index (χ3v) is 6.97. The van der Waals surface area contributed by atoms with Gasteiger partial charge in [0.15, 0.2) is 0 Å². The number of halogens is 2. The smallest absolute Gasteiger partial charge is 0.244 e. The number of carbonyl (C=O) groups excluding carboxylic acids is 2. The van der Waals surface area contributed by atoms with E-state index in [0.29, 0.717) is 27.8 Å². The number of carbonyl (C=O) groups is 2. The molecular weight excluding hydrogens is 497 g/mol. The molecule has 0 aliphatic rings. The lowest BCUT2D eigenvalue weighted by Crippen LogP contribution is -2.51. The molecule has 0 bridgehead atoms. The summed E-state index contributed by atoms with van der Waals surface area (Å²) in [5.74, 6) is -0.868. The highest BCUT2D eigenvalue weighted by atomic mass is 35.5. The maximum absolute atomic E-state index is 13.5. The fourth-order valence-electron chi connectivity index (χ4n) is 3.52. The van der Waals surface area contributed by atoms with Crippen molar-refractivity contribution in [2.24, 2.45) is 0 Å². The van der Waals surface area contributed by atoms with Crippen LogP contribution in [0, 0.1) is 13.8 Å². The average molecular weight is 529 g/mol. The topological polar surface area (TPSA) is 86.8 Å². The number of anilines is 1. The zero-order valence-corrected chi connectivity index (χ0v) is 22.4. The maximum Gasteiger partial charge on any atom is 0.244 e. The molecule has 2 rings (SSSR count). The molecule has 0 saturated carbocycles. The second-order valence-corrected chi connectivity index (χ2v) is 11.1. The molecule has 1 N–H and O–H groups in total. The fraction of sp³-hybridized carbons (Fsp3) is 0.417. The van der Waals surface area contributed by atoms with Crippen LogP contribution in [0.15, 0.2) is 36.4 Å². The Labute approximate surface area is 212 Å². The largest absolute Gasteiger partial charge is 0.354 e. The SMILES string of the molecule is CCCNC(=O)C(C)N(Cc1ccc(Cl)cc1Cl)C(=O)CN(c1cc(C)cc(C)c1)S(C)(=O)=O. The van der Waals surface area contributed by atoms with Crippen LogP contribution in [0.3, 0.4) is 0 Å². The number of hydrogen-bond donors (Lipinski definition) is 1. The zero-order valence-electron chi connectivity index (χ0n) is 20.1. The molecule has 0 aliphatic carbocycles. The van der Waals surface area contributed by atoms with Gasteiger partial charge < -0.3 is 10.2 Å². The van der Waals surface area contributed by atoms with E-state index in [2.05, 4.69) is 5.32 Å². The molecule has 2 aromatic rings. The molecule has 0 aliphatic heterocycles. The predicted octanol–water partition coefficient (Wildman–Crippen LogP) is 4.32. The number of nitrogens with one attached hydrogen (secondary N) is 1. The van der Waals surface area contributed by atoms with Crippen molar-refractivity contribution < 1.29 is 18.0 Å². The van der Waals surface area contributed by atoms with Gasteiger partial charge in [-0.05, 0) is 68.1 Å². The van der Waals surface area contributed by atoms with E-state index in [4.69, 9.17) is 23.2 Å². The van der Waals surface area contributed by atoms with Crippen LogP contribution >= 0.6 is 23.2 Å². The summed E-state index contributed by atoms with van der Waals surface area (Å²) in [4.78, 5) is 27.6. The minimum absolute atomic E-state index is 0.0139. The van der Waals surface area contributed by atoms with E-state index in [-0.39, 0.29) is 12.5 Å². The molecule has 0 aromatic heterocycles. The number of amides is 2.